The molecule has 1 aromatic carbocycles. The largest absolute Gasteiger partial charge is 0.338 e. The summed E-state index contributed by atoms with van der Waals surface area (Å²) in [6, 6.07) is 5.71. The number of thioether (sulfide) groups is 1. The van der Waals surface area contributed by atoms with E-state index >= 15 is 0 Å². The molecule has 0 radical (unpaired) electrons. The van der Waals surface area contributed by atoms with E-state index in [0.717, 1.165) is 30.7 Å². The Bertz CT molecular complexity index is 917. The van der Waals surface area contributed by atoms with Gasteiger partial charge in [0.15, 0.2) is 11.0 Å². The molecule has 0 unspecified atom stereocenters. The molecule has 2 heterocycles. The first-order valence-corrected chi connectivity index (χ1v) is 8.98. The van der Waals surface area contributed by atoms with Crippen molar-refractivity contribution in [2.24, 2.45) is 7.05 Å². The van der Waals surface area contributed by atoms with Crippen molar-refractivity contribution in [2.45, 2.75) is 44.0 Å². The molecule has 3 rings (SSSR count). The van der Waals surface area contributed by atoms with E-state index in [1.165, 1.54) is 11.8 Å². The van der Waals surface area contributed by atoms with Gasteiger partial charge < -0.3 is 4.52 Å². The molecule has 0 aliphatic rings. The number of fused-ring (bicyclic) bond motifs is 1. The van der Waals surface area contributed by atoms with Gasteiger partial charge in [0.1, 0.15) is 0 Å². The number of aromatic nitrogens is 4. The van der Waals surface area contributed by atoms with Crippen molar-refractivity contribution < 1.29 is 4.52 Å². The Hall–Kier alpha value is -2.15. The molecule has 0 fully saturated rings. The third-order valence-corrected chi connectivity index (χ3v) is 4.79. The third-order valence-electron chi connectivity index (χ3n) is 3.78. The van der Waals surface area contributed by atoms with Gasteiger partial charge in [0.25, 0.3) is 5.56 Å². The van der Waals surface area contributed by atoms with Gasteiger partial charge in [0.05, 0.1) is 16.7 Å². The molecule has 24 heavy (non-hydrogen) atoms. The van der Waals surface area contributed by atoms with Gasteiger partial charge in [-0.2, -0.15) is 4.98 Å². The summed E-state index contributed by atoms with van der Waals surface area (Å²) in [6.45, 7) is 4.09. The van der Waals surface area contributed by atoms with E-state index in [9.17, 15) is 4.79 Å². The topological polar surface area (TPSA) is 73.8 Å². The highest BCUT2D eigenvalue weighted by molar-refractivity contribution is 7.98. The van der Waals surface area contributed by atoms with E-state index in [1.54, 1.807) is 11.6 Å². The standard InChI is InChI=1S/C17H20N4O2S/c1-4-5-6-14-19-15(23-20-14)10-24-17-18-13-8-7-11(2)9-12(13)16(22)21(17)3/h7-9H,4-6,10H2,1-3H3. The van der Waals surface area contributed by atoms with Crippen molar-refractivity contribution in [2.75, 3.05) is 0 Å². The normalized spacial score (nSPS) is 11.3. The first-order chi connectivity index (χ1) is 11.6. The number of benzene rings is 1. The lowest BCUT2D eigenvalue weighted by molar-refractivity contribution is 0.384. The number of unbranched alkanes of at least 4 members (excludes halogenated alkanes) is 1. The molecule has 0 saturated carbocycles. The summed E-state index contributed by atoms with van der Waals surface area (Å²) in [5.41, 5.74) is 1.72. The summed E-state index contributed by atoms with van der Waals surface area (Å²) in [5, 5.41) is 5.26. The van der Waals surface area contributed by atoms with Crippen molar-refractivity contribution in [3.63, 3.8) is 0 Å². The maximum atomic E-state index is 12.5. The molecule has 0 N–H and O–H groups in total. The molecule has 6 nitrogen and oxygen atoms in total. The molecule has 0 atom stereocenters. The summed E-state index contributed by atoms with van der Waals surface area (Å²) < 4.78 is 6.83. The van der Waals surface area contributed by atoms with Crippen LogP contribution < -0.4 is 5.56 Å². The van der Waals surface area contributed by atoms with Gasteiger partial charge in [0, 0.05) is 13.5 Å². The maximum Gasteiger partial charge on any atom is 0.261 e. The lowest BCUT2D eigenvalue weighted by Crippen LogP contribution is -2.20. The SMILES string of the molecule is CCCCc1noc(CSc2nc3ccc(C)cc3c(=O)n2C)n1. The minimum absolute atomic E-state index is 0.0413. The summed E-state index contributed by atoms with van der Waals surface area (Å²) in [7, 11) is 1.74. The van der Waals surface area contributed by atoms with Gasteiger partial charge in [-0.1, -0.05) is 41.9 Å². The van der Waals surface area contributed by atoms with Crippen LogP contribution >= 0.6 is 11.8 Å². The zero-order valence-corrected chi connectivity index (χ0v) is 14.9. The van der Waals surface area contributed by atoms with Gasteiger partial charge >= 0.3 is 0 Å². The molecule has 0 spiro atoms. The zero-order valence-electron chi connectivity index (χ0n) is 14.1. The smallest absolute Gasteiger partial charge is 0.261 e. The Morgan fingerprint density at radius 3 is 2.92 bits per heavy atom. The van der Waals surface area contributed by atoms with Crippen molar-refractivity contribution in [3.05, 3.63) is 45.8 Å². The second kappa shape index (κ2) is 7.17. The molecule has 0 amide bonds. The Morgan fingerprint density at radius 1 is 1.29 bits per heavy atom. The van der Waals surface area contributed by atoms with Crippen molar-refractivity contribution in [3.8, 4) is 0 Å². The summed E-state index contributed by atoms with van der Waals surface area (Å²) in [6.07, 6.45) is 2.98. The molecule has 7 heteroatoms. The Balaban J connectivity index is 1.80. The van der Waals surface area contributed by atoms with Crippen LogP contribution in [-0.4, -0.2) is 19.7 Å². The highest BCUT2D eigenvalue weighted by Crippen LogP contribution is 2.21. The fourth-order valence-corrected chi connectivity index (χ4v) is 3.21. The van der Waals surface area contributed by atoms with Gasteiger partial charge in [-0.25, -0.2) is 4.98 Å². The van der Waals surface area contributed by atoms with Crippen molar-refractivity contribution in [1.29, 1.82) is 0 Å². The van der Waals surface area contributed by atoms with Crippen LogP contribution in [-0.2, 0) is 19.2 Å². The highest BCUT2D eigenvalue weighted by atomic mass is 32.2. The average molecular weight is 344 g/mol. The fourth-order valence-electron chi connectivity index (χ4n) is 2.40. The fraction of sp³-hybridized carbons (Fsp3) is 0.412. The summed E-state index contributed by atoms with van der Waals surface area (Å²) in [5.74, 6) is 1.80. The molecule has 0 aliphatic heterocycles. The zero-order chi connectivity index (χ0) is 17.1. The number of nitrogens with zero attached hydrogens (tertiary/aromatic N) is 4. The molecule has 0 aliphatic carbocycles. The van der Waals surface area contributed by atoms with Crippen LogP contribution in [0.2, 0.25) is 0 Å². The molecular formula is C17H20N4O2S. The highest BCUT2D eigenvalue weighted by Gasteiger charge is 2.12. The number of hydrogen-bond acceptors (Lipinski definition) is 6. The minimum Gasteiger partial charge on any atom is -0.338 e. The number of hydrogen-bond donors (Lipinski definition) is 0. The second-order valence-corrected chi connectivity index (χ2v) is 6.72. The first kappa shape index (κ1) is 16.7. The minimum atomic E-state index is -0.0413. The lowest BCUT2D eigenvalue weighted by atomic mass is 10.2. The van der Waals surface area contributed by atoms with Crippen LogP contribution in [0.1, 0.15) is 37.0 Å². The number of aryl methyl sites for hydroxylation is 2. The van der Waals surface area contributed by atoms with E-state index in [2.05, 4.69) is 22.0 Å². The van der Waals surface area contributed by atoms with Crippen molar-refractivity contribution >= 4 is 22.7 Å². The van der Waals surface area contributed by atoms with Crippen LogP contribution in [0.3, 0.4) is 0 Å². The van der Waals surface area contributed by atoms with E-state index in [-0.39, 0.29) is 5.56 Å². The average Bonchev–Trinajstić information content (AvgIpc) is 3.03. The van der Waals surface area contributed by atoms with Crippen LogP contribution in [0.4, 0.5) is 0 Å². The molecule has 126 valence electrons. The monoisotopic (exact) mass is 344 g/mol. The second-order valence-electron chi connectivity index (χ2n) is 5.78. The summed E-state index contributed by atoms with van der Waals surface area (Å²) >= 11 is 1.43. The van der Waals surface area contributed by atoms with Gasteiger partial charge in [0.2, 0.25) is 5.89 Å². The van der Waals surface area contributed by atoms with Crippen LogP contribution in [0.25, 0.3) is 10.9 Å². The first-order valence-electron chi connectivity index (χ1n) is 8.00. The Morgan fingerprint density at radius 2 is 2.12 bits per heavy atom. The maximum absolute atomic E-state index is 12.5. The third kappa shape index (κ3) is 3.51. The molecule has 0 bridgehead atoms. The van der Waals surface area contributed by atoms with E-state index in [0.29, 0.717) is 27.7 Å². The van der Waals surface area contributed by atoms with Gasteiger partial charge in [-0.3, -0.25) is 9.36 Å². The summed E-state index contributed by atoms with van der Waals surface area (Å²) in [4.78, 5) is 21.5. The van der Waals surface area contributed by atoms with E-state index in [4.69, 9.17) is 4.52 Å². The van der Waals surface area contributed by atoms with Crippen molar-refractivity contribution in [1.82, 2.24) is 19.7 Å². The predicted molar refractivity (Wildman–Crippen MR) is 94.2 cm³/mol. The molecule has 3 aromatic rings. The quantitative estimate of drug-likeness (QED) is 0.505. The van der Waals surface area contributed by atoms with Gasteiger partial charge in [-0.05, 0) is 25.5 Å². The molecule has 0 saturated heterocycles. The predicted octanol–water partition coefficient (Wildman–Crippen LogP) is 3.26. The van der Waals surface area contributed by atoms with Gasteiger partial charge in [-0.15, -0.1) is 0 Å². The molecular weight excluding hydrogens is 324 g/mol. The number of rotatable bonds is 6. The van der Waals surface area contributed by atoms with Crippen LogP contribution in [0.15, 0.2) is 32.7 Å². The van der Waals surface area contributed by atoms with Crippen LogP contribution in [0.5, 0.6) is 0 Å². The Kier molecular flexibility index (Phi) is 4.99. The lowest BCUT2D eigenvalue weighted by Gasteiger charge is -2.08. The van der Waals surface area contributed by atoms with Crippen LogP contribution in [0, 0.1) is 6.92 Å². The molecule has 2 aromatic heterocycles. The Labute approximate surface area is 144 Å². The van der Waals surface area contributed by atoms with E-state index < -0.39 is 0 Å². The van der Waals surface area contributed by atoms with E-state index in [1.807, 2.05) is 25.1 Å².